The molecule has 0 bridgehead atoms. The molecule has 0 aliphatic carbocycles. The van der Waals surface area contributed by atoms with Crippen LogP contribution in [0.1, 0.15) is 11.1 Å². The number of hydrogen-bond donors (Lipinski definition) is 0. The van der Waals surface area contributed by atoms with Gasteiger partial charge in [0.15, 0.2) is 5.70 Å². The smallest absolute Gasteiger partial charge is 0.363 e. The second kappa shape index (κ2) is 8.25. The molecule has 0 radical (unpaired) electrons. The maximum atomic E-state index is 12.3. The monoisotopic (exact) mass is 483 g/mol. The lowest BCUT2D eigenvalue weighted by Crippen LogP contribution is -2.09. The quantitative estimate of drug-likeness (QED) is 0.301. The first kappa shape index (κ1) is 20.1. The van der Waals surface area contributed by atoms with E-state index in [2.05, 4.69) is 20.9 Å². The van der Waals surface area contributed by atoms with E-state index in [1.165, 1.54) is 24.3 Å². The number of ether oxygens (including phenoxy) is 1. The van der Waals surface area contributed by atoms with Gasteiger partial charge in [-0.25, -0.2) is 9.79 Å². The molecular weight excluding hydrogens is 470 g/mol. The number of hydrogen-bond acceptors (Lipinski definition) is 6. The fourth-order valence-corrected chi connectivity index (χ4v) is 4.04. The molecule has 0 unspecified atom stereocenters. The first-order valence-corrected chi connectivity index (χ1v) is 11.0. The lowest BCUT2D eigenvalue weighted by atomic mass is 10.2. The summed E-state index contributed by atoms with van der Waals surface area (Å²) in [4.78, 5) is 16.5. The number of carbonyl (C=O) groups is 1. The van der Waals surface area contributed by atoms with E-state index in [1.54, 1.807) is 48.5 Å². The summed E-state index contributed by atoms with van der Waals surface area (Å²) in [6.07, 6.45) is 1.56. The van der Waals surface area contributed by atoms with Crippen molar-refractivity contribution in [3.8, 4) is 5.75 Å². The summed E-state index contributed by atoms with van der Waals surface area (Å²) in [5.41, 5.74) is 1.47. The number of rotatable bonds is 5. The largest absolute Gasteiger partial charge is 0.402 e. The maximum absolute atomic E-state index is 12.3. The molecule has 3 aromatic carbocycles. The molecule has 1 heterocycles. The Kier molecular flexibility index (Phi) is 5.52. The number of cyclic esters (lactones) is 1. The second-order valence-electron chi connectivity index (χ2n) is 6.27. The third-order valence-electron chi connectivity index (χ3n) is 4.11. The summed E-state index contributed by atoms with van der Waals surface area (Å²) in [5.74, 6) is -0.174. The Hall–Kier alpha value is -3.23. The van der Waals surface area contributed by atoms with E-state index in [-0.39, 0.29) is 22.2 Å². The third kappa shape index (κ3) is 4.50. The van der Waals surface area contributed by atoms with Crippen LogP contribution in [0.4, 0.5) is 0 Å². The maximum Gasteiger partial charge on any atom is 0.363 e. The molecule has 0 N–H and O–H groups in total. The van der Waals surface area contributed by atoms with Gasteiger partial charge < -0.3 is 8.92 Å². The number of esters is 1. The molecule has 8 heteroatoms. The van der Waals surface area contributed by atoms with E-state index >= 15 is 0 Å². The molecule has 0 spiro atoms. The Morgan fingerprint density at radius 1 is 0.933 bits per heavy atom. The van der Waals surface area contributed by atoms with Crippen molar-refractivity contribution in [3.63, 3.8) is 0 Å². The van der Waals surface area contributed by atoms with E-state index in [9.17, 15) is 13.2 Å². The van der Waals surface area contributed by atoms with Crippen LogP contribution in [0.2, 0.25) is 0 Å². The standard InChI is InChI=1S/C22H14BrNO5S/c23-17-6-4-5-16(14-17)21-24-20(22(25)28-21)13-15-9-11-18(12-10-15)29-30(26,27)19-7-2-1-3-8-19/h1-14H/b20-13+. The van der Waals surface area contributed by atoms with Gasteiger partial charge in [0.05, 0.1) is 0 Å². The number of halogens is 1. The van der Waals surface area contributed by atoms with Gasteiger partial charge in [0.2, 0.25) is 5.90 Å². The molecule has 0 saturated heterocycles. The van der Waals surface area contributed by atoms with Crippen LogP contribution in [0.15, 0.2) is 98.9 Å². The summed E-state index contributed by atoms with van der Waals surface area (Å²) < 4.78 is 35.8. The highest BCUT2D eigenvalue weighted by atomic mass is 79.9. The topological polar surface area (TPSA) is 82.0 Å². The highest BCUT2D eigenvalue weighted by molar-refractivity contribution is 9.10. The number of nitrogens with zero attached hydrogens (tertiary/aromatic N) is 1. The molecule has 1 aliphatic heterocycles. The van der Waals surface area contributed by atoms with Gasteiger partial charge >= 0.3 is 16.1 Å². The summed E-state index contributed by atoms with van der Waals surface area (Å²) in [6.45, 7) is 0. The van der Waals surface area contributed by atoms with Crippen molar-refractivity contribution in [2.24, 2.45) is 4.99 Å². The van der Waals surface area contributed by atoms with E-state index < -0.39 is 16.1 Å². The number of aliphatic imine (C=N–C) groups is 1. The minimum atomic E-state index is -3.91. The van der Waals surface area contributed by atoms with Crippen molar-refractivity contribution in [3.05, 3.63) is 100 Å². The van der Waals surface area contributed by atoms with Crippen LogP contribution in [0, 0.1) is 0 Å². The van der Waals surface area contributed by atoms with Crippen molar-refractivity contribution in [2.75, 3.05) is 0 Å². The molecule has 0 fully saturated rings. The lowest BCUT2D eigenvalue weighted by molar-refractivity contribution is -0.129. The Morgan fingerprint density at radius 2 is 1.67 bits per heavy atom. The van der Waals surface area contributed by atoms with Crippen LogP contribution < -0.4 is 4.18 Å². The normalized spacial score (nSPS) is 15.0. The molecule has 30 heavy (non-hydrogen) atoms. The van der Waals surface area contributed by atoms with E-state index in [1.807, 2.05) is 12.1 Å². The zero-order valence-electron chi connectivity index (χ0n) is 15.4. The average molecular weight is 484 g/mol. The first-order valence-electron chi connectivity index (χ1n) is 8.79. The van der Waals surface area contributed by atoms with Crippen LogP contribution in [-0.2, 0) is 19.6 Å². The number of benzene rings is 3. The fourth-order valence-electron chi connectivity index (χ4n) is 2.69. The van der Waals surface area contributed by atoms with Gasteiger partial charge in [0, 0.05) is 10.0 Å². The van der Waals surface area contributed by atoms with Gasteiger partial charge in [-0.3, -0.25) is 0 Å². The molecule has 0 amide bonds. The van der Waals surface area contributed by atoms with Crippen molar-refractivity contribution in [1.82, 2.24) is 0 Å². The fraction of sp³-hybridized carbons (Fsp3) is 0. The van der Waals surface area contributed by atoms with Gasteiger partial charge in [-0.1, -0.05) is 52.3 Å². The Balaban J connectivity index is 1.53. The zero-order chi connectivity index (χ0) is 21.1. The Bertz CT molecular complexity index is 1270. The molecule has 0 saturated carbocycles. The van der Waals surface area contributed by atoms with Crippen molar-refractivity contribution < 1.29 is 22.1 Å². The summed E-state index contributed by atoms with van der Waals surface area (Å²) in [7, 11) is -3.91. The Labute approximate surface area is 181 Å². The lowest BCUT2D eigenvalue weighted by Gasteiger charge is -2.07. The SMILES string of the molecule is O=C1OC(c2cccc(Br)c2)=N/C1=C/c1ccc(OS(=O)(=O)c2ccccc2)cc1. The summed E-state index contributed by atoms with van der Waals surface area (Å²) >= 11 is 3.37. The molecule has 6 nitrogen and oxygen atoms in total. The van der Waals surface area contributed by atoms with Crippen LogP contribution >= 0.6 is 15.9 Å². The van der Waals surface area contributed by atoms with Crippen LogP contribution in [0.3, 0.4) is 0 Å². The minimum absolute atomic E-state index is 0.0688. The van der Waals surface area contributed by atoms with Gasteiger partial charge in [-0.2, -0.15) is 8.42 Å². The Morgan fingerprint density at radius 3 is 2.37 bits per heavy atom. The summed E-state index contributed by atoms with van der Waals surface area (Å²) in [5, 5.41) is 0. The highest BCUT2D eigenvalue weighted by Crippen LogP contribution is 2.23. The van der Waals surface area contributed by atoms with E-state index in [0.717, 1.165) is 4.47 Å². The predicted molar refractivity (Wildman–Crippen MR) is 115 cm³/mol. The van der Waals surface area contributed by atoms with Crippen molar-refractivity contribution in [1.29, 1.82) is 0 Å². The molecule has 3 aromatic rings. The molecule has 150 valence electrons. The van der Waals surface area contributed by atoms with Gasteiger partial charge in [0.25, 0.3) is 0 Å². The van der Waals surface area contributed by atoms with Gasteiger partial charge in [-0.05, 0) is 54.1 Å². The molecular formula is C22H14BrNO5S. The van der Waals surface area contributed by atoms with E-state index in [0.29, 0.717) is 11.1 Å². The zero-order valence-corrected chi connectivity index (χ0v) is 17.8. The van der Waals surface area contributed by atoms with Gasteiger partial charge in [0.1, 0.15) is 10.6 Å². The van der Waals surface area contributed by atoms with Crippen LogP contribution in [0.5, 0.6) is 5.75 Å². The van der Waals surface area contributed by atoms with Crippen molar-refractivity contribution in [2.45, 2.75) is 4.90 Å². The third-order valence-corrected chi connectivity index (χ3v) is 5.87. The number of carbonyl (C=O) groups excluding carboxylic acids is 1. The molecule has 0 atom stereocenters. The van der Waals surface area contributed by atoms with Crippen molar-refractivity contribution >= 4 is 44.0 Å². The second-order valence-corrected chi connectivity index (χ2v) is 8.73. The van der Waals surface area contributed by atoms with Crippen LogP contribution in [0.25, 0.3) is 6.08 Å². The minimum Gasteiger partial charge on any atom is -0.402 e. The van der Waals surface area contributed by atoms with Gasteiger partial charge in [-0.15, -0.1) is 0 Å². The summed E-state index contributed by atoms with van der Waals surface area (Å²) in [6, 6.07) is 21.4. The first-order chi connectivity index (χ1) is 14.4. The molecule has 1 aliphatic rings. The average Bonchev–Trinajstić information content (AvgIpc) is 3.10. The van der Waals surface area contributed by atoms with Crippen LogP contribution in [-0.4, -0.2) is 20.3 Å². The molecule has 0 aromatic heterocycles. The highest BCUT2D eigenvalue weighted by Gasteiger charge is 2.24. The van der Waals surface area contributed by atoms with E-state index in [4.69, 9.17) is 8.92 Å². The molecule has 4 rings (SSSR count). The predicted octanol–water partition coefficient (Wildman–Crippen LogP) is 4.56.